The third-order valence-electron chi connectivity index (χ3n) is 9.27. The van der Waals surface area contributed by atoms with E-state index in [1.54, 1.807) is 0 Å². The first-order chi connectivity index (χ1) is 17.9. The van der Waals surface area contributed by atoms with Crippen LogP contribution in [0, 0.1) is 0 Å². The Labute approximate surface area is 237 Å². The molecule has 5 saturated heterocycles. The Hall–Kier alpha value is 0.0195. The molecule has 8 atom stereocenters. The van der Waals surface area contributed by atoms with Gasteiger partial charge in [-0.2, -0.15) is 30.2 Å². The molecule has 0 amide bonds. The fraction of sp³-hybridized carbons (Fsp3) is 0.933. The van der Waals surface area contributed by atoms with Crippen molar-refractivity contribution >= 4 is 0 Å². The second-order valence-corrected chi connectivity index (χ2v) is 12.0. The molecule has 0 saturated carbocycles. The van der Waals surface area contributed by atoms with Gasteiger partial charge < -0.3 is 31.9 Å². The average Bonchev–Trinajstić information content (AvgIpc) is 2.99. The maximum atomic E-state index is 5.14. The van der Waals surface area contributed by atoms with Crippen molar-refractivity contribution in [1.29, 1.82) is 0 Å². The van der Waals surface area contributed by atoms with E-state index in [0.717, 1.165) is 32.6 Å². The van der Waals surface area contributed by atoms with Gasteiger partial charge in [0.05, 0.1) is 0 Å². The fourth-order valence-corrected chi connectivity index (χ4v) is 7.16. The Bertz CT molecular complexity index is 614. The summed E-state index contributed by atoms with van der Waals surface area (Å²) in [6.45, 7) is 4.26. The van der Waals surface area contributed by atoms with Crippen LogP contribution in [-0.2, 0) is 17.1 Å². The predicted molar refractivity (Wildman–Crippen MR) is 153 cm³/mol. The second kappa shape index (κ2) is 16.3. The van der Waals surface area contributed by atoms with E-state index < -0.39 is 0 Å². The zero-order valence-electron chi connectivity index (χ0n) is 22.9. The minimum atomic E-state index is 0. The van der Waals surface area contributed by atoms with E-state index in [4.69, 9.17) is 31.9 Å². The summed E-state index contributed by atoms with van der Waals surface area (Å²) in [5, 5.41) is 29.3. The molecule has 6 nitrogen and oxygen atoms in total. The summed E-state index contributed by atoms with van der Waals surface area (Å²) < 4.78 is 0. The second-order valence-electron chi connectivity index (χ2n) is 12.0. The SMILES string of the molecule is C1=CC(C2CCCC[N-]2)[N-]C(C2CCCC[N-]2)C1.C1CCC(C2CCCC(C3CCCC[N-]3)[N-]2)[N-]C1.[Cu+2]. The number of hydrogen-bond donors (Lipinski definition) is 0. The van der Waals surface area contributed by atoms with Crippen molar-refractivity contribution in [2.24, 2.45) is 0 Å². The van der Waals surface area contributed by atoms with Crippen molar-refractivity contribution in [2.45, 2.75) is 151 Å². The number of piperidine rings is 5. The van der Waals surface area contributed by atoms with Crippen molar-refractivity contribution < 1.29 is 17.1 Å². The Morgan fingerprint density at radius 3 is 1.30 bits per heavy atom. The van der Waals surface area contributed by atoms with Gasteiger partial charge in [-0.1, -0.05) is 109 Å². The standard InChI is InChI=1S/C15H26N3.C15H24N3.Cu/c2*1-3-10-16-12(6-1)14-8-5-9-15(18-14)13-7-2-4-11-17-13;/h12-15H,1-11H2;5,8,12-15H,1-4,6-7,9-11H2;/q2*-3;+2. The molecule has 0 aromatic heterocycles. The van der Waals surface area contributed by atoms with E-state index in [9.17, 15) is 0 Å². The monoisotopic (exact) mass is 557 g/mol. The average molecular weight is 558 g/mol. The maximum absolute atomic E-state index is 5.14. The number of hydrogen-bond acceptors (Lipinski definition) is 0. The summed E-state index contributed by atoms with van der Waals surface area (Å²) in [5.41, 5.74) is 0. The molecule has 6 rings (SSSR count). The fourth-order valence-electron chi connectivity index (χ4n) is 7.16. The molecule has 0 spiro atoms. The first-order valence-corrected chi connectivity index (χ1v) is 15.6. The van der Waals surface area contributed by atoms with Crippen LogP contribution in [0.25, 0.3) is 31.9 Å². The van der Waals surface area contributed by atoms with E-state index in [2.05, 4.69) is 12.2 Å². The van der Waals surface area contributed by atoms with Crippen LogP contribution in [0.15, 0.2) is 12.2 Å². The molecule has 0 N–H and O–H groups in total. The molecular formula is C30H50CuN6-4. The smallest absolute Gasteiger partial charge is 0.661 e. The Kier molecular flexibility index (Phi) is 13.2. The molecule has 6 aliphatic heterocycles. The summed E-state index contributed by atoms with van der Waals surface area (Å²) in [6.07, 6.45) is 25.2. The van der Waals surface area contributed by atoms with Gasteiger partial charge in [-0.15, -0.1) is 50.4 Å². The molecule has 8 unspecified atom stereocenters. The molecule has 1 radical (unpaired) electrons. The van der Waals surface area contributed by atoms with Crippen molar-refractivity contribution in [3.05, 3.63) is 44.1 Å². The summed E-state index contributed by atoms with van der Waals surface area (Å²) in [6, 6.07) is 3.90. The van der Waals surface area contributed by atoms with Gasteiger partial charge in [0, 0.05) is 0 Å². The molecule has 0 aromatic rings. The van der Waals surface area contributed by atoms with E-state index in [1.807, 2.05) is 0 Å². The first kappa shape index (κ1) is 30.0. The summed E-state index contributed by atoms with van der Waals surface area (Å²) >= 11 is 0. The molecule has 0 aromatic carbocycles. The van der Waals surface area contributed by atoms with Crippen LogP contribution >= 0.6 is 0 Å². The summed E-state index contributed by atoms with van der Waals surface area (Å²) in [5.74, 6) is 0. The van der Waals surface area contributed by atoms with E-state index in [0.29, 0.717) is 48.3 Å². The number of rotatable bonds is 4. The van der Waals surface area contributed by atoms with E-state index >= 15 is 0 Å². The van der Waals surface area contributed by atoms with Gasteiger partial charge in [0.2, 0.25) is 0 Å². The van der Waals surface area contributed by atoms with Gasteiger partial charge in [0.25, 0.3) is 0 Å². The Morgan fingerprint density at radius 2 is 0.838 bits per heavy atom. The molecule has 0 aliphatic carbocycles. The quantitative estimate of drug-likeness (QED) is 0.247. The van der Waals surface area contributed by atoms with Gasteiger partial charge in [-0.3, -0.25) is 0 Å². The van der Waals surface area contributed by atoms with Gasteiger partial charge >= 0.3 is 17.1 Å². The first-order valence-electron chi connectivity index (χ1n) is 15.6. The van der Waals surface area contributed by atoms with E-state index in [1.165, 1.54) is 96.3 Å². The van der Waals surface area contributed by atoms with Crippen LogP contribution in [0.2, 0.25) is 0 Å². The van der Waals surface area contributed by atoms with Gasteiger partial charge in [0.15, 0.2) is 0 Å². The molecular weight excluding hydrogens is 508 g/mol. The van der Waals surface area contributed by atoms with Crippen molar-refractivity contribution in [1.82, 2.24) is 0 Å². The van der Waals surface area contributed by atoms with Crippen LogP contribution < -0.4 is 0 Å². The van der Waals surface area contributed by atoms with Crippen LogP contribution in [0.3, 0.4) is 0 Å². The molecule has 6 aliphatic rings. The van der Waals surface area contributed by atoms with Crippen molar-refractivity contribution in [3.63, 3.8) is 0 Å². The molecule has 6 heterocycles. The van der Waals surface area contributed by atoms with Crippen LogP contribution in [0.4, 0.5) is 0 Å². The van der Waals surface area contributed by atoms with Crippen LogP contribution in [0.5, 0.6) is 0 Å². The molecule has 215 valence electrons. The maximum Gasteiger partial charge on any atom is 2.00 e. The van der Waals surface area contributed by atoms with Gasteiger partial charge in [0.1, 0.15) is 0 Å². The largest absolute Gasteiger partial charge is 2.00 e. The summed E-state index contributed by atoms with van der Waals surface area (Å²) in [7, 11) is 0. The Balaban J connectivity index is 0.000000168. The predicted octanol–water partition coefficient (Wildman–Crippen LogP) is 8.04. The van der Waals surface area contributed by atoms with Crippen LogP contribution in [0.1, 0.15) is 103 Å². The topological polar surface area (TPSA) is 84.6 Å². The van der Waals surface area contributed by atoms with E-state index in [-0.39, 0.29) is 17.1 Å². The minimum Gasteiger partial charge on any atom is -0.661 e. The third-order valence-corrected chi connectivity index (χ3v) is 9.27. The third kappa shape index (κ3) is 9.01. The Morgan fingerprint density at radius 1 is 0.405 bits per heavy atom. The van der Waals surface area contributed by atoms with Gasteiger partial charge in [-0.25, -0.2) is 0 Å². The van der Waals surface area contributed by atoms with Gasteiger partial charge in [-0.05, 0) is 0 Å². The van der Waals surface area contributed by atoms with Crippen molar-refractivity contribution in [2.75, 3.05) is 26.2 Å². The molecule has 7 heteroatoms. The summed E-state index contributed by atoms with van der Waals surface area (Å²) in [4.78, 5) is 0. The van der Waals surface area contributed by atoms with Crippen molar-refractivity contribution in [3.8, 4) is 0 Å². The minimum absolute atomic E-state index is 0. The number of nitrogens with zero attached hydrogens (tertiary/aromatic N) is 6. The zero-order valence-corrected chi connectivity index (χ0v) is 23.8. The molecule has 0 bridgehead atoms. The molecule has 37 heavy (non-hydrogen) atoms. The zero-order chi connectivity index (χ0) is 24.4. The normalized spacial score (nSPS) is 41.1. The van der Waals surface area contributed by atoms with Crippen LogP contribution in [-0.4, -0.2) is 74.5 Å². The molecule has 5 fully saturated rings.